The molecule has 5 nitrogen and oxygen atoms in total. The van der Waals surface area contributed by atoms with E-state index in [0.717, 1.165) is 0 Å². The minimum atomic E-state index is -0.407. The molecular formula is C9H19NO4. The van der Waals surface area contributed by atoms with Gasteiger partial charge in [-0.25, -0.2) is 4.79 Å². The lowest BCUT2D eigenvalue weighted by molar-refractivity contribution is 0.0689. The van der Waals surface area contributed by atoms with Crippen molar-refractivity contribution in [1.29, 1.82) is 0 Å². The van der Waals surface area contributed by atoms with Crippen molar-refractivity contribution in [3.8, 4) is 0 Å². The predicted molar refractivity (Wildman–Crippen MR) is 52.3 cm³/mol. The third kappa shape index (κ3) is 9.28. The average Bonchev–Trinajstić information content (AvgIpc) is 2.10. The number of methoxy groups -OCH3 is 1. The summed E-state index contributed by atoms with van der Waals surface area (Å²) in [6.07, 6.45) is -0.500. The number of nitrogens with one attached hydrogen (secondary N) is 1. The third-order valence-corrected chi connectivity index (χ3v) is 1.29. The number of carbonyl (C=O) groups is 1. The zero-order valence-electron chi connectivity index (χ0n) is 9.04. The van der Waals surface area contributed by atoms with E-state index in [0.29, 0.717) is 26.4 Å². The highest BCUT2D eigenvalue weighted by molar-refractivity contribution is 5.67. The number of hydrogen-bond acceptors (Lipinski definition) is 4. The molecule has 0 aromatic rings. The lowest BCUT2D eigenvalue weighted by Crippen LogP contribution is -2.30. The second-order valence-electron chi connectivity index (χ2n) is 2.99. The minimum Gasteiger partial charge on any atom is -0.447 e. The molecule has 0 rings (SSSR count). The number of amides is 1. The molecule has 1 amide bonds. The molecule has 0 fully saturated rings. The molecule has 14 heavy (non-hydrogen) atoms. The second-order valence-corrected chi connectivity index (χ2v) is 2.99. The first-order valence-electron chi connectivity index (χ1n) is 4.68. The zero-order chi connectivity index (χ0) is 10.8. The number of ether oxygens (including phenoxy) is 3. The van der Waals surface area contributed by atoms with Crippen LogP contribution in [0.3, 0.4) is 0 Å². The molecule has 0 aliphatic rings. The Kier molecular flexibility index (Phi) is 8.27. The smallest absolute Gasteiger partial charge is 0.407 e. The molecule has 0 aliphatic carbocycles. The van der Waals surface area contributed by atoms with E-state index in [1.807, 2.05) is 0 Å². The molecule has 84 valence electrons. The van der Waals surface area contributed by atoms with Gasteiger partial charge in [-0.15, -0.1) is 0 Å². The van der Waals surface area contributed by atoms with Gasteiger partial charge in [0.05, 0.1) is 25.9 Å². The maximum atomic E-state index is 10.9. The van der Waals surface area contributed by atoms with Crippen molar-refractivity contribution < 1.29 is 19.0 Å². The Bertz CT molecular complexity index is 150. The highest BCUT2D eigenvalue weighted by Gasteiger charge is 2.02. The average molecular weight is 205 g/mol. The predicted octanol–water partition coefficient (Wildman–Crippen LogP) is 0.784. The number of rotatable bonds is 7. The number of carbonyl (C=O) groups excluding carboxylic acids is 1. The summed E-state index contributed by atoms with van der Waals surface area (Å²) in [4.78, 5) is 10.9. The molecular weight excluding hydrogens is 186 g/mol. The summed E-state index contributed by atoms with van der Waals surface area (Å²) in [5, 5.41) is 2.56. The normalized spacial score (nSPS) is 10.3. The van der Waals surface area contributed by atoms with E-state index in [9.17, 15) is 4.79 Å². The van der Waals surface area contributed by atoms with Crippen LogP contribution in [0.25, 0.3) is 0 Å². The Morgan fingerprint density at radius 2 is 2.00 bits per heavy atom. The van der Waals surface area contributed by atoms with Crippen molar-refractivity contribution in [2.45, 2.75) is 20.0 Å². The molecule has 5 heteroatoms. The van der Waals surface area contributed by atoms with Gasteiger partial charge >= 0.3 is 6.09 Å². The summed E-state index contributed by atoms with van der Waals surface area (Å²) >= 11 is 0. The molecule has 0 aromatic carbocycles. The first kappa shape index (κ1) is 13.2. The maximum absolute atomic E-state index is 10.9. The van der Waals surface area contributed by atoms with Crippen LogP contribution in [0.2, 0.25) is 0 Å². The third-order valence-electron chi connectivity index (χ3n) is 1.29. The molecule has 0 heterocycles. The summed E-state index contributed by atoms with van der Waals surface area (Å²) in [6.45, 7) is 5.63. The largest absolute Gasteiger partial charge is 0.447 e. The molecule has 0 radical (unpaired) electrons. The summed E-state index contributed by atoms with van der Waals surface area (Å²) in [5.74, 6) is 0. The van der Waals surface area contributed by atoms with Crippen LogP contribution in [-0.4, -0.2) is 45.7 Å². The van der Waals surface area contributed by atoms with Crippen LogP contribution in [0, 0.1) is 0 Å². The molecule has 0 bridgehead atoms. The molecule has 0 saturated carbocycles. The van der Waals surface area contributed by atoms with Crippen molar-refractivity contribution in [2.24, 2.45) is 0 Å². The van der Waals surface area contributed by atoms with Crippen molar-refractivity contribution in [3.63, 3.8) is 0 Å². The van der Waals surface area contributed by atoms with Crippen LogP contribution in [0.5, 0.6) is 0 Å². The monoisotopic (exact) mass is 205 g/mol. The summed E-state index contributed by atoms with van der Waals surface area (Å²) in [7, 11) is 1.61. The SMILES string of the molecule is COCCOCCNC(=O)OC(C)C. The van der Waals surface area contributed by atoms with Gasteiger partial charge in [0.1, 0.15) is 0 Å². The van der Waals surface area contributed by atoms with Gasteiger partial charge in [-0.3, -0.25) is 0 Å². The van der Waals surface area contributed by atoms with Crippen LogP contribution in [0.15, 0.2) is 0 Å². The second kappa shape index (κ2) is 8.77. The van der Waals surface area contributed by atoms with E-state index in [-0.39, 0.29) is 6.10 Å². The van der Waals surface area contributed by atoms with Crippen molar-refractivity contribution in [3.05, 3.63) is 0 Å². The lowest BCUT2D eigenvalue weighted by atomic mass is 10.5. The quantitative estimate of drug-likeness (QED) is 0.624. The zero-order valence-corrected chi connectivity index (χ0v) is 9.04. The van der Waals surface area contributed by atoms with Crippen LogP contribution >= 0.6 is 0 Å². The maximum Gasteiger partial charge on any atom is 0.407 e. The summed E-state index contributed by atoms with van der Waals surface area (Å²) < 4.78 is 14.8. The Morgan fingerprint density at radius 1 is 1.29 bits per heavy atom. The van der Waals surface area contributed by atoms with Gasteiger partial charge in [-0.2, -0.15) is 0 Å². The van der Waals surface area contributed by atoms with Gasteiger partial charge in [0.15, 0.2) is 0 Å². The van der Waals surface area contributed by atoms with Gasteiger partial charge in [-0.1, -0.05) is 0 Å². The van der Waals surface area contributed by atoms with Crippen LogP contribution < -0.4 is 5.32 Å². The van der Waals surface area contributed by atoms with E-state index in [2.05, 4.69) is 5.32 Å². The topological polar surface area (TPSA) is 56.8 Å². The fourth-order valence-corrected chi connectivity index (χ4v) is 0.725. The minimum absolute atomic E-state index is 0.0931. The molecule has 0 saturated heterocycles. The lowest BCUT2D eigenvalue weighted by Gasteiger charge is -2.09. The van der Waals surface area contributed by atoms with Crippen molar-refractivity contribution >= 4 is 6.09 Å². The fourth-order valence-electron chi connectivity index (χ4n) is 0.725. The van der Waals surface area contributed by atoms with E-state index >= 15 is 0 Å². The first-order valence-corrected chi connectivity index (χ1v) is 4.68. The van der Waals surface area contributed by atoms with Crippen molar-refractivity contribution in [2.75, 3.05) is 33.5 Å². The van der Waals surface area contributed by atoms with Crippen LogP contribution in [0.1, 0.15) is 13.8 Å². The Labute approximate surface area is 84.7 Å². The molecule has 0 unspecified atom stereocenters. The molecule has 0 aliphatic heterocycles. The van der Waals surface area contributed by atoms with E-state index < -0.39 is 6.09 Å². The van der Waals surface area contributed by atoms with Gasteiger partial charge in [-0.05, 0) is 13.8 Å². The molecule has 0 aromatic heterocycles. The number of hydrogen-bond donors (Lipinski definition) is 1. The van der Waals surface area contributed by atoms with E-state index in [1.165, 1.54) is 0 Å². The van der Waals surface area contributed by atoms with Gasteiger partial charge < -0.3 is 19.5 Å². The van der Waals surface area contributed by atoms with Crippen LogP contribution in [0.4, 0.5) is 4.79 Å². The molecule has 1 N–H and O–H groups in total. The highest BCUT2D eigenvalue weighted by atomic mass is 16.6. The van der Waals surface area contributed by atoms with Crippen molar-refractivity contribution in [1.82, 2.24) is 5.32 Å². The summed E-state index contributed by atoms with van der Waals surface area (Å²) in [5.41, 5.74) is 0. The Hall–Kier alpha value is -0.810. The molecule has 0 spiro atoms. The Morgan fingerprint density at radius 3 is 2.57 bits per heavy atom. The Balaban J connectivity index is 3.15. The van der Waals surface area contributed by atoms with Gasteiger partial charge in [0.2, 0.25) is 0 Å². The standard InChI is InChI=1S/C9H19NO4/c1-8(2)14-9(11)10-4-5-13-7-6-12-3/h8H,4-7H2,1-3H3,(H,10,11). The van der Waals surface area contributed by atoms with Crippen LogP contribution in [-0.2, 0) is 14.2 Å². The van der Waals surface area contributed by atoms with E-state index in [4.69, 9.17) is 14.2 Å². The summed E-state index contributed by atoms with van der Waals surface area (Å²) in [6, 6.07) is 0. The van der Waals surface area contributed by atoms with Gasteiger partial charge in [0, 0.05) is 13.7 Å². The fraction of sp³-hybridized carbons (Fsp3) is 0.889. The van der Waals surface area contributed by atoms with Gasteiger partial charge in [0.25, 0.3) is 0 Å². The molecule has 0 atom stereocenters. The first-order chi connectivity index (χ1) is 6.66. The van der Waals surface area contributed by atoms with E-state index in [1.54, 1.807) is 21.0 Å². The highest BCUT2D eigenvalue weighted by Crippen LogP contribution is 1.87. The number of alkyl carbamates (subject to hydrolysis) is 1.